The van der Waals surface area contributed by atoms with Gasteiger partial charge in [0.05, 0.1) is 15.1 Å². The molecule has 0 fully saturated rings. The van der Waals surface area contributed by atoms with Gasteiger partial charge in [0.2, 0.25) is 10.0 Å². The third kappa shape index (κ3) is 6.40. The van der Waals surface area contributed by atoms with Crippen molar-refractivity contribution in [2.75, 3.05) is 19.6 Å². The van der Waals surface area contributed by atoms with E-state index in [1.807, 2.05) is 6.92 Å². The van der Waals surface area contributed by atoms with Crippen LogP contribution in [-0.2, 0) is 10.0 Å². The summed E-state index contributed by atoms with van der Waals surface area (Å²) in [4.78, 5) is 2.25. The Bertz CT molecular complexity index is 619. The van der Waals surface area contributed by atoms with Crippen LogP contribution in [0.3, 0.4) is 0 Å². The Hall–Kier alpha value is -0.0400. The maximum atomic E-state index is 12.4. The molecule has 0 aliphatic carbocycles. The topological polar surface area (TPSA) is 49.4 Å². The van der Waals surface area contributed by atoms with Gasteiger partial charge in [-0.25, -0.2) is 13.1 Å². The first-order valence-corrected chi connectivity index (χ1v) is 10.2. The van der Waals surface area contributed by atoms with Gasteiger partial charge >= 0.3 is 0 Å². The minimum atomic E-state index is -3.73. The lowest BCUT2D eigenvalue weighted by atomic mass is 10.2. The molecule has 4 nitrogen and oxygen atoms in total. The number of hydrogen-bond acceptors (Lipinski definition) is 3. The zero-order valence-electron chi connectivity index (χ0n) is 13.6. The van der Waals surface area contributed by atoms with Gasteiger partial charge in [-0.1, -0.05) is 48.7 Å². The van der Waals surface area contributed by atoms with E-state index < -0.39 is 10.0 Å². The van der Waals surface area contributed by atoms with Gasteiger partial charge in [-0.05, 0) is 51.5 Å². The second-order valence-electron chi connectivity index (χ2n) is 5.39. The van der Waals surface area contributed by atoms with E-state index in [4.69, 9.17) is 34.8 Å². The number of hydrogen-bond donors (Lipinski definition) is 1. The van der Waals surface area contributed by atoms with Crippen molar-refractivity contribution in [1.29, 1.82) is 0 Å². The van der Waals surface area contributed by atoms with E-state index >= 15 is 0 Å². The van der Waals surface area contributed by atoms with Gasteiger partial charge in [0.25, 0.3) is 0 Å². The normalized spacial score (nSPS) is 13.5. The molecule has 0 bridgehead atoms. The number of rotatable bonds is 9. The van der Waals surface area contributed by atoms with Crippen LogP contribution < -0.4 is 4.72 Å². The third-order valence-electron chi connectivity index (χ3n) is 3.63. The van der Waals surface area contributed by atoms with Gasteiger partial charge in [-0.15, -0.1) is 0 Å². The van der Waals surface area contributed by atoms with Crippen LogP contribution in [0.2, 0.25) is 15.1 Å². The van der Waals surface area contributed by atoms with Gasteiger partial charge in [-0.2, -0.15) is 0 Å². The molecule has 23 heavy (non-hydrogen) atoms. The van der Waals surface area contributed by atoms with E-state index in [2.05, 4.69) is 23.5 Å². The lowest BCUT2D eigenvalue weighted by Gasteiger charge is -2.20. The molecule has 0 spiro atoms. The van der Waals surface area contributed by atoms with Crippen LogP contribution in [0.4, 0.5) is 0 Å². The number of benzene rings is 1. The Balaban J connectivity index is 2.70. The minimum absolute atomic E-state index is 0.0517. The fourth-order valence-corrected chi connectivity index (χ4v) is 4.54. The van der Waals surface area contributed by atoms with Crippen LogP contribution in [0.25, 0.3) is 0 Å². The van der Waals surface area contributed by atoms with Crippen LogP contribution in [0.5, 0.6) is 0 Å². The van der Waals surface area contributed by atoms with Crippen molar-refractivity contribution in [3.8, 4) is 0 Å². The van der Waals surface area contributed by atoms with Crippen molar-refractivity contribution in [1.82, 2.24) is 9.62 Å². The maximum absolute atomic E-state index is 12.4. The highest BCUT2D eigenvalue weighted by atomic mass is 35.5. The van der Waals surface area contributed by atoms with E-state index in [0.717, 1.165) is 32.5 Å². The summed E-state index contributed by atoms with van der Waals surface area (Å²) in [6.45, 7) is 9.01. The molecular weight excluding hydrogens is 379 g/mol. The largest absolute Gasteiger partial charge is 0.304 e. The molecular formula is C15H23Cl3N2O2S. The molecule has 1 rings (SSSR count). The Morgan fingerprint density at radius 2 is 1.65 bits per heavy atom. The minimum Gasteiger partial charge on any atom is -0.304 e. The number of nitrogens with zero attached hydrogens (tertiary/aromatic N) is 1. The quantitative estimate of drug-likeness (QED) is 0.622. The van der Waals surface area contributed by atoms with Crippen LogP contribution in [0, 0.1) is 0 Å². The zero-order chi connectivity index (χ0) is 17.6. The molecule has 1 aromatic rings. The molecule has 0 unspecified atom stereocenters. The molecule has 0 aromatic heterocycles. The second-order valence-corrected chi connectivity index (χ2v) is 8.29. The van der Waals surface area contributed by atoms with Crippen molar-refractivity contribution < 1.29 is 8.42 Å². The Morgan fingerprint density at radius 1 is 1.09 bits per heavy atom. The van der Waals surface area contributed by atoms with Crippen LogP contribution in [0.15, 0.2) is 17.0 Å². The summed E-state index contributed by atoms with van der Waals surface area (Å²) in [6.07, 6.45) is 1.66. The molecule has 0 aliphatic rings. The van der Waals surface area contributed by atoms with Crippen molar-refractivity contribution in [2.45, 2.75) is 44.6 Å². The van der Waals surface area contributed by atoms with Crippen molar-refractivity contribution in [3.05, 3.63) is 27.2 Å². The number of sulfonamides is 1. The lowest BCUT2D eigenvalue weighted by Crippen LogP contribution is -2.33. The Labute approximate surface area is 154 Å². The first-order valence-electron chi connectivity index (χ1n) is 7.60. The van der Waals surface area contributed by atoms with Gasteiger partial charge in [0, 0.05) is 6.04 Å². The second kappa shape index (κ2) is 9.44. The highest BCUT2D eigenvalue weighted by Crippen LogP contribution is 2.31. The summed E-state index contributed by atoms with van der Waals surface area (Å²) >= 11 is 17.7. The van der Waals surface area contributed by atoms with Gasteiger partial charge in [-0.3, -0.25) is 0 Å². The van der Waals surface area contributed by atoms with Crippen molar-refractivity contribution >= 4 is 44.8 Å². The smallest absolute Gasteiger partial charge is 0.242 e. The third-order valence-corrected chi connectivity index (χ3v) is 6.40. The predicted octanol–water partition coefficient (Wildman–Crippen LogP) is 4.44. The average Bonchev–Trinajstić information content (AvgIpc) is 2.46. The number of nitrogens with one attached hydrogen (secondary N) is 1. The monoisotopic (exact) mass is 400 g/mol. The lowest BCUT2D eigenvalue weighted by molar-refractivity contribution is 0.293. The van der Waals surface area contributed by atoms with Crippen LogP contribution >= 0.6 is 34.8 Å². The fraction of sp³-hybridized carbons (Fsp3) is 0.600. The summed E-state index contributed by atoms with van der Waals surface area (Å²) in [5, 5.41) is 0.441. The predicted molar refractivity (Wildman–Crippen MR) is 98.3 cm³/mol. The molecule has 0 amide bonds. The number of halogens is 3. The molecule has 0 saturated heterocycles. The Kier molecular flexibility index (Phi) is 8.63. The van der Waals surface area contributed by atoms with E-state index in [1.165, 1.54) is 12.1 Å². The SMILES string of the molecule is CCN(CC)CCC[C@H](C)NS(=O)(=O)c1cc(Cl)c(Cl)cc1Cl. The Morgan fingerprint density at radius 3 is 2.22 bits per heavy atom. The molecule has 1 aromatic carbocycles. The van der Waals surface area contributed by atoms with E-state index in [-0.39, 0.29) is 26.0 Å². The van der Waals surface area contributed by atoms with Crippen LogP contribution in [0.1, 0.15) is 33.6 Å². The van der Waals surface area contributed by atoms with E-state index in [0.29, 0.717) is 0 Å². The molecule has 8 heteroatoms. The standard InChI is InChI=1S/C15H23Cl3N2O2S/c1-4-20(5-2)8-6-7-11(3)19-23(21,22)15-10-13(17)12(16)9-14(15)18/h9-11,19H,4-8H2,1-3H3/t11-/m0/s1. The van der Waals surface area contributed by atoms with Crippen molar-refractivity contribution in [3.63, 3.8) is 0 Å². The first-order chi connectivity index (χ1) is 10.7. The van der Waals surface area contributed by atoms with Gasteiger partial charge < -0.3 is 4.90 Å². The molecule has 0 saturated carbocycles. The first kappa shape index (κ1) is 21.0. The van der Waals surface area contributed by atoms with E-state index in [1.54, 1.807) is 0 Å². The zero-order valence-corrected chi connectivity index (χ0v) is 16.7. The van der Waals surface area contributed by atoms with E-state index in [9.17, 15) is 8.42 Å². The average molecular weight is 402 g/mol. The summed E-state index contributed by atoms with van der Waals surface area (Å²) in [6, 6.07) is 2.42. The van der Waals surface area contributed by atoms with Gasteiger partial charge in [0.15, 0.2) is 0 Å². The molecule has 0 radical (unpaired) electrons. The molecule has 0 heterocycles. The molecule has 132 valence electrons. The summed E-state index contributed by atoms with van der Waals surface area (Å²) in [5.74, 6) is 0. The maximum Gasteiger partial charge on any atom is 0.242 e. The highest BCUT2D eigenvalue weighted by molar-refractivity contribution is 7.89. The fourth-order valence-electron chi connectivity index (χ4n) is 2.26. The van der Waals surface area contributed by atoms with Crippen molar-refractivity contribution in [2.24, 2.45) is 0 Å². The molecule has 1 N–H and O–H groups in total. The summed E-state index contributed by atoms with van der Waals surface area (Å²) in [5.41, 5.74) is 0. The van der Waals surface area contributed by atoms with Crippen LogP contribution in [-0.4, -0.2) is 39.0 Å². The molecule has 0 aliphatic heterocycles. The van der Waals surface area contributed by atoms with Gasteiger partial charge in [0.1, 0.15) is 4.90 Å². The highest BCUT2D eigenvalue weighted by Gasteiger charge is 2.22. The summed E-state index contributed by atoms with van der Waals surface area (Å²) < 4.78 is 27.5. The summed E-state index contributed by atoms with van der Waals surface area (Å²) in [7, 11) is -3.73. The molecule has 1 atom stereocenters.